The van der Waals surface area contributed by atoms with E-state index in [1.807, 2.05) is 6.07 Å². The van der Waals surface area contributed by atoms with Gasteiger partial charge in [-0.25, -0.2) is 4.98 Å². The number of nitrogens with zero attached hydrogens (tertiary/aromatic N) is 3. The number of pyridine rings is 1. The van der Waals surface area contributed by atoms with Crippen LogP contribution in [0.1, 0.15) is 32.6 Å². The fourth-order valence-corrected chi connectivity index (χ4v) is 1.99. The molecule has 1 atom stereocenters. The zero-order chi connectivity index (χ0) is 12.6. The average Bonchev–Trinajstić information content (AvgIpc) is 2.66. The van der Waals surface area contributed by atoms with Gasteiger partial charge in [-0.2, -0.15) is 0 Å². The smallest absolute Gasteiger partial charge is 0.129 e. The van der Waals surface area contributed by atoms with Gasteiger partial charge >= 0.3 is 0 Å². The molecule has 0 bridgehead atoms. The quantitative estimate of drug-likeness (QED) is 0.818. The van der Waals surface area contributed by atoms with Crippen molar-refractivity contribution in [2.24, 2.45) is 5.73 Å². The lowest BCUT2D eigenvalue weighted by atomic mass is 10.1. The van der Waals surface area contributed by atoms with Crippen molar-refractivity contribution in [3.05, 3.63) is 24.3 Å². The predicted molar refractivity (Wildman–Crippen MR) is 66.5 cm³/mol. The zero-order valence-corrected chi connectivity index (χ0v) is 10.4. The Hall–Kier alpha value is -1.46. The molecule has 0 aliphatic heterocycles. The van der Waals surface area contributed by atoms with Gasteiger partial charge in [0.05, 0.1) is 24.4 Å². The Bertz CT molecular complexity index is 527. The minimum atomic E-state index is -0.471. The highest BCUT2D eigenvalue weighted by atomic mass is 16.3. The van der Waals surface area contributed by atoms with Gasteiger partial charge in [-0.05, 0) is 26.8 Å². The monoisotopic (exact) mass is 234 g/mol. The number of aromatic nitrogens is 3. The van der Waals surface area contributed by atoms with Gasteiger partial charge in [0.2, 0.25) is 0 Å². The Morgan fingerprint density at radius 3 is 2.76 bits per heavy atom. The molecule has 0 aliphatic carbocycles. The molecule has 0 aromatic carbocycles. The number of imidazole rings is 1. The Morgan fingerprint density at radius 2 is 2.18 bits per heavy atom. The number of aliphatic hydroxyl groups is 1. The first kappa shape index (κ1) is 12.0. The van der Waals surface area contributed by atoms with Gasteiger partial charge in [0.25, 0.3) is 0 Å². The van der Waals surface area contributed by atoms with E-state index >= 15 is 0 Å². The third-order valence-electron chi connectivity index (χ3n) is 2.68. The van der Waals surface area contributed by atoms with Crippen molar-refractivity contribution in [2.75, 3.05) is 6.61 Å². The minimum Gasteiger partial charge on any atom is -0.394 e. The topological polar surface area (TPSA) is 77.0 Å². The fraction of sp³-hybridized carbons (Fsp3) is 0.500. The summed E-state index contributed by atoms with van der Waals surface area (Å²) in [5.41, 5.74) is 7.56. The lowest BCUT2D eigenvalue weighted by molar-refractivity contribution is 0.254. The van der Waals surface area contributed by atoms with E-state index in [1.165, 1.54) is 0 Å². The molecule has 3 N–H and O–H groups in total. The summed E-state index contributed by atoms with van der Waals surface area (Å²) in [4.78, 5) is 8.52. The molecule has 0 saturated carbocycles. The molecule has 2 rings (SSSR count). The van der Waals surface area contributed by atoms with Crippen LogP contribution >= 0.6 is 0 Å². The van der Waals surface area contributed by atoms with Crippen LogP contribution in [0.3, 0.4) is 0 Å². The van der Waals surface area contributed by atoms with Gasteiger partial charge in [0.1, 0.15) is 11.3 Å². The molecule has 0 fully saturated rings. The van der Waals surface area contributed by atoms with E-state index in [9.17, 15) is 5.11 Å². The Morgan fingerprint density at radius 1 is 1.47 bits per heavy atom. The van der Waals surface area contributed by atoms with Crippen molar-refractivity contribution in [1.82, 2.24) is 14.5 Å². The summed E-state index contributed by atoms with van der Waals surface area (Å²) in [6, 6.07) is 1.45. The molecule has 92 valence electrons. The maximum absolute atomic E-state index is 9.21. The molecule has 5 nitrogen and oxygen atoms in total. The maximum atomic E-state index is 9.21. The predicted octanol–water partition coefficient (Wildman–Crippen LogP) is 1.18. The Balaban J connectivity index is 2.74. The number of rotatable bonds is 2. The molecule has 1 unspecified atom stereocenters. The van der Waals surface area contributed by atoms with Gasteiger partial charge in [-0.3, -0.25) is 4.98 Å². The van der Waals surface area contributed by atoms with Crippen molar-refractivity contribution in [3.63, 3.8) is 0 Å². The lowest BCUT2D eigenvalue weighted by Crippen LogP contribution is -2.29. The number of hydrogen-bond donors (Lipinski definition) is 2. The van der Waals surface area contributed by atoms with Crippen LogP contribution in [0, 0.1) is 0 Å². The van der Waals surface area contributed by atoms with Gasteiger partial charge in [0, 0.05) is 11.7 Å². The zero-order valence-electron chi connectivity index (χ0n) is 10.4. The summed E-state index contributed by atoms with van der Waals surface area (Å²) in [5.74, 6) is 0.697. The molecule has 0 aliphatic rings. The number of fused-ring (bicyclic) bond motifs is 1. The first-order chi connectivity index (χ1) is 7.95. The van der Waals surface area contributed by atoms with E-state index in [0.29, 0.717) is 5.82 Å². The van der Waals surface area contributed by atoms with E-state index in [-0.39, 0.29) is 12.1 Å². The molecular weight excluding hydrogens is 216 g/mol. The van der Waals surface area contributed by atoms with Crippen LogP contribution in [-0.4, -0.2) is 26.2 Å². The first-order valence-electron chi connectivity index (χ1n) is 5.64. The number of aliphatic hydroxyl groups excluding tert-OH is 1. The maximum Gasteiger partial charge on any atom is 0.129 e. The van der Waals surface area contributed by atoms with Gasteiger partial charge < -0.3 is 15.4 Å². The summed E-state index contributed by atoms with van der Waals surface area (Å²) < 4.78 is 2.06. The summed E-state index contributed by atoms with van der Waals surface area (Å²) in [5, 5.41) is 9.21. The molecule has 17 heavy (non-hydrogen) atoms. The van der Waals surface area contributed by atoms with Crippen molar-refractivity contribution in [2.45, 2.75) is 32.4 Å². The third kappa shape index (κ3) is 2.03. The van der Waals surface area contributed by atoms with E-state index in [1.54, 1.807) is 12.4 Å². The highest BCUT2D eigenvalue weighted by Gasteiger charge is 2.24. The average molecular weight is 234 g/mol. The number of nitrogens with two attached hydrogens (primary N) is 1. The molecule has 0 amide bonds. The van der Waals surface area contributed by atoms with Crippen LogP contribution < -0.4 is 5.73 Å². The normalized spacial score (nSPS) is 14.2. The number of hydrogen-bond acceptors (Lipinski definition) is 4. The standard InChI is InChI=1S/C12H18N4O/c1-12(2,3)16-10-4-5-14-6-9(10)15-11(16)8(13)7-17/h4-6,8,17H,7,13H2,1-3H3. The van der Waals surface area contributed by atoms with Crippen LogP contribution in [0.4, 0.5) is 0 Å². The summed E-state index contributed by atoms with van der Waals surface area (Å²) in [6.07, 6.45) is 3.45. The Labute approximate surface area is 100 Å². The molecular formula is C12H18N4O. The van der Waals surface area contributed by atoms with Crippen LogP contribution in [0.2, 0.25) is 0 Å². The minimum absolute atomic E-state index is 0.118. The largest absolute Gasteiger partial charge is 0.394 e. The van der Waals surface area contributed by atoms with Crippen LogP contribution in [0.15, 0.2) is 18.5 Å². The lowest BCUT2D eigenvalue weighted by Gasteiger charge is -2.26. The SMILES string of the molecule is CC(C)(C)n1c(C(N)CO)nc2cnccc21. The molecule has 2 aromatic rings. The van der Waals surface area contributed by atoms with Crippen molar-refractivity contribution in [3.8, 4) is 0 Å². The highest BCUT2D eigenvalue weighted by molar-refractivity contribution is 5.75. The first-order valence-corrected chi connectivity index (χ1v) is 5.64. The highest BCUT2D eigenvalue weighted by Crippen LogP contribution is 2.26. The summed E-state index contributed by atoms with van der Waals surface area (Å²) in [6.45, 7) is 6.14. The van der Waals surface area contributed by atoms with E-state index in [2.05, 4.69) is 35.3 Å². The fourth-order valence-electron chi connectivity index (χ4n) is 1.99. The van der Waals surface area contributed by atoms with E-state index in [0.717, 1.165) is 11.0 Å². The Kier molecular flexibility index (Phi) is 2.89. The van der Waals surface area contributed by atoms with E-state index < -0.39 is 6.04 Å². The van der Waals surface area contributed by atoms with Gasteiger partial charge in [0.15, 0.2) is 0 Å². The van der Waals surface area contributed by atoms with Crippen molar-refractivity contribution in [1.29, 1.82) is 0 Å². The van der Waals surface area contributed by atoms with Gasteiger partial charge in [-0.1, -0.05) is 0 Å². The van der Waals surface area contributed by atoms with Crippen LogP contribution in [0.5, 0.6) is 0 Å². The second kappa shape index (κ2) is 4.09. The molecule has 2 aromatic heterocycles. The second-order valence-corrected chi connectivity index (χ2v) is 5.13. The van der Waals surface area contributed by atoms with Crippen molar-refractivity contribution < 1.29 is 5.11 Å². The van der Waals surface area contributed by atoms with Gasteiger partial charge in [-0.15, -0.1) is 0 Å². The summed E-state index contributed by atoms with van der Waals surface area (Å²) >= 11 is 0. The van der Waals surface area contributed by atoms with Crippen molar-refractivity contribution >= 4 is 11.0 Å². The molecule has 2 heterocycles. The van der Waals surface area contributed by atoms with Crippen LogP contribution in [-0.2, 0) is 5.54 Å². The van der Waals surface area contributed by atoms with Crippen LogP contribution in [0.25, 0.3) is 11.0 Å². The summed E-state index contributed by atoms with van der Waals surface area (Å²) in [7, 11) is 0. The third-order valence-corrected chi connectivity index (χ3v) is 2.68. The second-order valence-electron chi connectivity index (χ2n) is 5.13. The molecule has 0 radical (unpaired) electrons. The molecule has 0 saturated heterocycles. The molecule has 5 heteroatoms. The molecule has 0 spiro atoms. The van der Waals surface area contributed by atoms with E-state index in [4.69, 9.17) is 5.73 Å².